The van der Waals surface area contributed by atoms with Crippen LogP contribution >= 0.6 is 11.3 Å². The fourth-order valence-electron chi connectivity index (χ4n) is 2.53. The van der Waals surface area contributed by atoms with Crippen LogP contribution in [-0.2, 0) is 6.54 Å². The Balaban J connectivity index is 1.89. The molecule has 107 valence electrons. The first-order chi connectivity index (χ1) is 10.2. The molecule has 2 aromatic heterocycles. The molecule has 3 rings (SSSR count). The highest BCUT2D eigenvalue weighted by Gasteiger charge is 2.23. The Bertz CT molecular complexity index is 736. The number of hydrogen-bond donors (Lipinski definition) is 3. The minimum absolute atomic E-state index is 0.0999. The lowest BCUT2D eigenvalue weighted by molar-refractivity contribution is 0.993. The summed E-state index contributed by atoms with van der Waals surface area (Å²) in [6.45, 7) is 3.24. The molecular weight excluding hydrogens is 283 g/mol. The van der Waals surface area contributed by atoms with Gasteiger partial charge in [-0.25, -0.2) is 4.98 Å². The van der Waals surface area contributed by atoms with Crippen molar-refractivity contribution < 1.29 is 0 Å². The number of hydrogen-bond acceptors (Lipinski definition) is 5. The number of nitrogens with zero attached hydrogens (tertiary/aromatic N) is 1. The van der Waals surface area contributed by atoms with Crippen LogP contribution in [0.1, 0.15) is 24.0 Å². The molecular formula is C14H16BN4OS. The molecule has 3 heterocycles. The van der Waals surface area contributed by atoms with Gasteiger partial charge in [0.05, 0.1) is 6.54 Å². The van der Waals surface area contributed by atoms with E-state index in [1.807, 2.05) is 12.3 Å². The zero-order valence-electron chi connectivity index (χ0n) is 11.8. The van der Waals surface area contributed by atoms with Gasteiger partial charge >= 0.3 is 0 Å². The van der Waals surface area contributed by atoms with Crippen molar-refractivity contribution >= 4 is 35.3 Å². The first-order valence-electron chi connectivity index (χ1n) is 6.83. The van der Waals surface area contributed by atoms with Crippen molar-refractivity contribution in [3.05, 3.63) is 44.2 Å². The molecule has 0 unspecified atom stereocenters. The fraction of sp³-hybridized carbons (Fsp3) is 0.286. The number of fused-ring (bicyclic) bond motifs is 1. The molecule has 1 aliphatic rings. The number of anilines is 1. The maximum absolute atomic E-state index is 11.9. The van der Waals surface area contributed by atoms with Crippen LogP contribution in [0.2, 0.25) is 0 Å². The minimum atomic E-state index is -0.0999. The van der Waals surface area contributed by atoms with E-state index in [1.54, 1.807) is 23.6 Å². The van der Waals surface area contributed by atoms with Crippen molar-refractivity contribution in [1.82, 2.24) is 9.97 Å². The Morgan fingerprint density at radius 2 is 2.38 bits per heavy atom. The normalized spacial score (nSPS) is 13.2. The second kappa shape index (κ2) is 5.87. The van der Waals surface area contributed by atoms with Gasteiger partial charge in [-0.05, 0) is 30.9 Å². The summed E-state index contributed by atoms with van der Waals surface area (Å²) >= 11 is 1.59. The van der Waals surface area contributed by atoms with Gasteiger partial charge in [0.25, 0.3) is 0 Å². The monoisotopic (exact) mass is 299 g/mol. The topological polar surface area (TPSA) is 83.8 Å². The van der Waals surface area contributed by atoms with E-state index in [2.05, 4.69) is 22.6 Å². The van der Waals surface area contributed by atoms with Gasteiger partial charge < -0.3 is 16.0 Å². The Morgan fingerprint density at radius 1 is 1.52 bits per heavy atom. The highest BCUT2D eigenvalue weighted by Crippen LogP contribution is 2.24. The summed E-state index contributed by atoms with van der Waals surface area (Å²) in [5.41, 5.74) is 10.6. The van der Waals surface area contributed by atoms with Crippen molar-refractivity contribution in [1.29, 1.82) is 0 Å². The Hall–Kier alpha value is -1.86. The van der Waals surface area contributed by atoms with E-state index >= 15 is 0 Å². The third-order valence-electron chi connectivity index (χ3n) is 3.59. The molecule has 0 aliphatic carbocycles. The molecule has 4 N–H and O–H groups in total. The van der Waals surface area contributed by atoms with Crippen LogP contribution < -0.4 is 22.1 Å². The summed E-state index contributed by atoms with van der Waals surface area (Å²) in [6.07, 6.45) is 2.59. The summed E-state index contributed by atoms with van der Waals surface area (Å²) in [6, 6.07) is 1.60. The molecule has 0 fully saturated rings. The van der Waals surface area contributed by atoms with E-state index in [-0.39, 0.29) is 5.56 Å². The molecule has 0 aromatic carbocycles. The maximum atomic E-state index is 11.9. The number of H-pyrrole nitrogens is 1. The first kappa shape index (κ1) is 14.1. The van der Waals surface area contributed by atoms with Crippen LogP contribution in [0.4, 0.5) is 5.69 Å². The highest BCUT2D eigenvalue weighted by atomic mass is 32.1. The Morgan fingerprint density at radius 3 is 3.10 bits per heavy atom. The van der Waals surface area contributed by atoms with Gasteiger partial charge in [-0.3, -0.25) is 4.79 Å². The predicted molar refractivity (Wildman–Crippen MR) is 88.2 cm³/mol. The van der Waals surface area contributed by atoms with Gasteiger partial charge in [-0.2, -0.15) is 0 Å². The number of aromatic amines is 1. The molecule has 0 spiro atoms. The first-order valence-corrected chi connectivity index (χ1v) is 7.71. The van der Waals surface area contributed by atoms with Crippen molar-refractivity contribution in [3.8, 4) is 0 Å². The Kier molecular flexibility index (Phi) is 3.94. The molecule has 1 radical (unpaired) electrons. The van der Waals surface area contributed by atoms with E-state index in [0.29, 0.717) is 13.1 Å². The van der Waals surface area contributed by atoms with Crippen LogP contribution in [0.3, 0.4) is 0 Å². The summed E-state index contributed by atoms with van der Waals surface area (Å²) in [7, 11) is 2.11. The van der Waals surface area contributed by atoms with Gasteiger partial charge in [0.15, 0.2) is 7.28 Å². The van der Waals surface area contributed by atoms with E-state index < -0.39 is 0 Å². The summed E-state index contributed by atoms with van der Waals surface area (Å²) in [5.74, 6) is 0. The fourth-order valence-corrected chi connectivity index (χ4v) is 3.09. The molecule has 0 saturated carbocycles. The lowest BCUT2D eigenvalue weighted by atomic mass is 9.65. The van der Waals surface area contributed by atoms with Crippen LogP contribution in [-0.4, -0.2) is 23.8 Å². The van der Waals surface area contributed by atoms with Gasteiger partial charge in [-0.1, -0.05) is 5.47 Å². The number of nitrogens with one attached hydrogen (secondary N) is 2. The molecule has 0 bridgehead atoms. The zero-order valence-corrected chi connectivity index (χ0v) is 12.6. The number of allylic oxidation sites excluding steroid dienone is 1. The van der Waals surface area contributed by atoms with Crippen molar-refractivity contribution in [2.45, 2.75) is 19.9 Å². The van der Waals surface area contributed by atoms with Crippen LogP contribution in [0, 0.1) is 0 Å². The minimum Gasteiger partial charge on any atom is -0.379 e. The predicted octanol–water partition coefficient (Wildman–Crippen LogP) is 0.866. The second-order valence-corrected chi connectivity index (χ2v) is 5.93. The van der Waals surface area contributed by atoms with Gasteiger partial charge in [0, 0.05) is 29.0 Å². The second-order valence-electron chi connectivity index (χ2n) is 4.95. The van der Waals surface area contributed by atoms with Crippen molar-refractivity contribution in [3.63, 3.8) is 0 Å². The number of aromatic nitrogens is 2. The molecule has 7 heteroatoms. The number of thiazole rings is 1. The molecule has 0 atom stereocenters. The van der Waals surface area contributed by atoms with E-state index in [1.165, 1.54) is 5.47 Å². The third kappa shape index (κ3) is 2.79. The summed E-state index contributed by atoms with van der Waals surface area (Å²) in [4.78, 5) is 19.0. The lowest BCUT2D eigenvalue weighted by Crippen LogP contribution is -2.25. The third-order valence-corrected chi connectivity index (χ3v) is 4.37. The smallest absolute Gasteiger partial charge is 0.250 e. The van der Waals surface area contributed by atoms with Gasteiger partial charge in [0.1, 0.15) is 5.01 Å². The molecule has 2 aromatic rings. The standard InChI is InChI=1S/C14H16BN4OS/c1-8-9(2-3-16)15-13-10(6-11(20)19-14(8)13)18-7-12-17-4-5-21-12/h4-6H,2-3,7,16H2,1H3,(H2,18,19,20). The molecule has 0 amide bonds. The van der Waals surface area contributed by atoms with E-state index in [0.717, 1.165) is 33.8 Å². The lowest BCUT2D eigenvalue weighted by Gasteiger charge is -2.10. The van der Waals surface area contributed by atoms with Crippen LogP contribution in [0.5, 0.6) is 0 Å². The number of pyridine rings is 1. The largest absolute Gasteiger partial charge is 0.379 e. The molecule has 21 heavy (non-hydrogen) atoms. The number of rotatable bonds is 5. The van der Waals surface area contributed by atoms with Crippen molar-refractivity contribution in [2.24, 2.45) is 5.73 Å². The van der Waals surface area contributed by atoms with Crippen molar-refractivity contribution in [2.75, 3.05) is 11.9 Å². The zero-order chi connectivity index (χ0) is 14.8. The number of nitrogens with two attached hydrogens (primary N) is 1. The van der Waals surface area contributed by atoms with Gasteiger partial charge in [0.2, 0.25) is 5.56 Å². The summed E-state index contributed by atoms with van der Waals surface area (Å²) in [5, 5.41) is 6.25. The summed E-state index contributed by atoms with van der Waals surface area (Å²) < 4.78 is 0. The van der Waals surface area contributed by atoms with E-state index in [9.17, 15) is 4.79 Å². The molecule has 5 nitrogen and oxygen atoms in total. The SMILES string of the molecule is CC1=C(CCN)[B]c2c(NCc3nccs3)cc(=O)[nH]c21. The quantitative estimate of drug-likeness (QED) is 0.715. The maximum Gasteiger partial charge on any atom is 0.250 e. The molecule has 1 aliphatic heterocycles. The van der Waals surface area contributed by atoms with E-state index in [4.69, 9.17) is 5.73 Å². The van der Waals surface area contributed by atoms with Gasteiger partial charge in [-0.15, -0.1) is 11.3 Å². The average molecular weight is 299 g/mol. The average Bonchev–Trinajstić information content (AvgIpc) is 3.07. The van der Waals surface area contributed by atoms with Crippen LogP contribution in [0.25, 0.3) is 5.57 Å². The Labute approximate surface area is 127 Å². The van der Waals surface area contributed by atoms with Crippen LogP contribution in [0.15, 0.2) is 27.9 Å². The highest BCUT2D eigenvalue weighted by molar-refractivity contribution is 7.09. The molecule has 0 saturated heterocycles.